The maximum absolute atomic E-state index is 13.3. The molecule has 0 spiro atoms. The molecule has 86 heavy (non-hydrogen) atoms. The van der Waals surface area contributed by atoms with Crippen LogP contribution in [0.1, 0.15) is 239 Å². The molecular formula is C67H121NO18. The number of allylic oxidation sites excluding steroid dienone is 8. The van der Waals surface area contributed by atoms with Crippen molar-refractivity contribution >= 4 is 5.91 Å². The summed E-state index contributed by atoms with van der Waals surface area (Å²) in [6.45, 7) is 1.64. The topological polar surface area (TPSA) is 307 Å². The molecule has 502 valence electrons. The quantitative estimate of drug-likeness (QED) is 0.0202. The molecule has 17 atom stereocenters. The molecule has 1 amide bonds. The summed E-state index contributed by atoms with van der Waals surface area (Å²) < 4.78 is 34.3. The average molecular weight is 1230 g/mol. The Morgan fingerprint density at radius 2 is 0.802 bits per heavy atom. The Kier molecular flexibility index (Phi) is 44.8. The molecule has 3 rings (SSSR count). The van der Waals surface area contributed by atoms with Gasteiger partial charge in [-0.3, -0.25) is 4.79 Å². The second-order valence-electron chi connectivity index (χ2n) is 24.3. The van der Waals surface area contributed by atoms with Gasteiger partial charge in [0.1, 0.15) is 73.2 Å². The van der Waals surface area contributed by atoms with E-state index in [0.29, 0.717) is 12.8 Å². The smallest absolute Gasteiger partial charge is 0.220 e. The van der Waals surface area contributed by atoms with Crippen molar-refractivity contribution in [2.75, 3.05) is 26.4 Å². The number of ether oxygens (including phenoxy) is 6. The Labute approximate surface area is 516 Å². The van der Waals surface area contributed by atoms with Crippen molar-refractivity contribution in [2.45, 2.75) is 343 Å². The third-order valence-corrected chi connectivity index (χ3v) is 16.9. The molecule has 0 bridgehead atoms. The first-order valence-electron chi connectivity index (χ1n) is 33.9. The normalized spacial score (nSPS) is 29.1. The van der Waals surface area contributed by atoms with Crippen LogP contribution < -0.4 is 5.32 Å². The number of hydrogen-bond acceptors (Lipinski definition) is 18. The second-order valence-corrected chi connectivity index (χ2v) is 24.3. The third kappa shape index (κ3) is 31.7. The highest BCUT2D eigenvalue weighted by atomic mass is 16.8. The van der Waals surface area contributed by atoms with Crippen LogP contribution in [0, 0.1) is 0 Å². The van der Waals surface area contributed by atoms with E-state index in [1.807, 2.05) is 0 Å². The molecular weight excluding hydrogens is 1110 g/mol. The van der Waals surface area contributed by atoms with Crippen molar-refractivity contribution in [3.8, 4) is 0 Å². The molecule has 12 N–H and O–H groups in total. The van der Waals surface area contributed by atoms with Gasteiger partial charge in [-0.2, -0.15) is 0 Å². The minimum Gasteiger partial charge on any atom is -0.394 e. The van der Waals surface area contributed by atoms with Crippen LogP contribution in [0.3, 0.4) is 0 Å². The fourth-order valence-corrected chi connectivity index (χ4v) is 11.4. The number of hydrogen-bond donors (Lipinski definition) is 12. The molecule has 19 heteroatoms. The van der Waals surface area contributed by atoms with Crippen LogP contribution in [-0.2, 0) is 33.2 Å². The molecule has 3 fully saturated rings. The van der Waals surface area contributed by atoms with Crippen LogP contribution in [0.2, 0.25) is 0 Å². The lowest BCUT2D eigenvalue weighted by molar-refractivity contribution is -0.379. The number of carbonyl (C=O) groups excluding carboxylic acids is 1. The van der Waals surface area contributed by atoms with Gasteiger partial charge in [-0.05, 0) is 51.4 Å². The predicted octanol–water partition coefficient (Wildman–Crippen LogP) is 8.22. The molecule has 0 saturated carbocycles. The Bertz CT molecular complexity index is 1750. The van der Waals surface area contributed by atoms with Gasteiger partial charge < -0.3 is 89.9 Å². The number of rotatable bonds is 51. The summed E-state index contributed by atoms with van der Waals surface area (Å²) in [5, 5.41) is 120. The summed E-state index contributed by atoms with van der Waals surface area (Å²) in [7, 11) is 0. The third-order valence-electron chi connectivity index (χ3n) is 16.9. The number of amides is 1. The summed E-state index contributed by atoms with van der Waals surface area (Å²) in [5.74, 6) is -0.244. The molecule has 0 aromatic carbocycles. The van der Waals surface area contributed by atoms with Gasteiger partial charge in [0.25, 0.3) is 0 Å². The second kappa shape index (κ2) is 49.5. The number of unbranched alkanes of at least 4 members (excludes halogenated alkanes) is 27. The highest BCUT2D eigenvalue weighted by Gasteiger charge is 2.53. The first-order chi connectivity index (χ1) is 41.8. The van der Waals surface area contributed by atoms with Crippen LogP contribution in [0.4, 0.5) is 0 Å². The van der Waals surface area contributed by atoms with Gasteiger partial charge in [-0.25, -0.2) is 0 Å². The molecule has 3 heterocycles. The van der Waals surface area contributed by atoms with Gasteiger partial charge in [-0.15, -0.1) is 0 Å². The largest absolute Gasteiger partial charge is 0.394 e. The lowest BCUT2D eigenvalue weighted by Crippen LogP contribution is -2.66. The molecule has 3 saturated heterocycles. The highest BCUT2D eigenvalue weighted by Crippen LogP contribution is 2.33. The van der Waals surface area contributed by atoms with Gasteiger partial charge in [0.15, 0.2) is 18.9 Å². The monoisotopic (exact) mass is 1230 g/mol. The summed E-state index contributed by atoms with van der Waals surface area (Å²) in [6.07, 6.45) is 31.1. The maximum atomic E-state index is 13.3. The lowest BCUT2D eigenvalue weighted by atomic mass is 9.96. The van der Waals surface area contributed by atoms with E-state index in [-0.39, 0.29) is 18.9 Å². The number of nitrogens with one attached hydrogen (secondary N) is 1. The number of aliphatic hydroxyl groups excluding tert-OH is 11. The molecule has 0 aromatic rings. The Balaban J connectivity index is 1.31. The summed E-state index contributed by atoms with van der Waals surface area (Å²) in [5.41, 5.74) is 0. The van der Waals surface area contributed by atoms with Crippen LogP contribution >= 0.6 is 0 Å². The van der Waals surface area contributed by atoms with Gasteiger partial charge in [0.2, 0.25) is 5.91 Å². The zero-order valence-corrected chi connectivity index (χ0v) is 52.8. The predicted molar refractivity (Wildman–Crippen MR) is 332 cm³/mol. The minimum atomic E-state index is -1.97. The average Bonchev–Trinajstić information content (AvgIpc) is 3.55. The Hall–Kier alpha value is -2.25. The lowest BCUT2D eigenvalue weighted by Gasteiger charge is -2.48. The number of aliphatic hydroxyl groups is 11. The van der Waals surface area contributed by atoms with E-state index in [4.69, 9.17) is 28.4 Å². The van der Waals surface area contributed by atoms with Crippen molar-refractivity contribution in [3.05, 3.63) is 48.6 Å². The minimum absolute atomic E-state index is 0.244. The molecule has 0 radical (unpaired) electrons. The molecule has 0 aromatic heterocycles. The fraction of sp³-hybridized carbons (Fsp3) is 0.866. The summed E-state index contributed by atoms with van der Waals surface area (Å²) >= 11 is 0. The van der Waals surface area contributed by atoms with Crippen molar-refractivity contribution in [2.24, 2.45) is 0 Å². The van der Waals surface area contributed by atoms with Gasteiger partial charge in [-0.1, -0.05) is 229 Å². The van der Waals surface area contributed by atoms with Gasteiger partial charge in [0.05, 0.1) is 38.6 Å². The molecule has 17 unspecified atom stereocenters. The SMILES string of the molecule is CC/C=C\C/C=C\C/C=C\C/C=C\CCCCCCCCCCCCCCCCCCCCCCC(=O)NC(COC1OC(CO)C(OC2OC(CO)C(OC3OC(CO)C(O)C(O)C3O)C(O)C2O)C(O)C1O)C(O)CCCCCCCCCC. The van der Waals surface area contributed by atoms with E-state index in [9.17, 15) is 61.0 Å². The van der Waals surface area contributed by atoms with Gasteiger partial charge >= 0.3 is 0 Å². The zero-order valence-electron chi connectivity index (χ0n) is 52.8. The Morgan fingerprint density at radius 3 is 1.26 bits per heavy atom. The molecule has 19 nitrogen and oxygen atoms in total. The molecule has 3 aliphatic rings. The van der Waals surface area contributed by atoms with E-state index in [1.165, 1.54) is 135 Å². The van der Waals surface area contributed by atoms with Crippen LogP contribution in [0.5, 0.6) is 0 Å². The number of carbonyl (C=O) groups is 1. The van der Waals surface area contributed by atoms with Crippen LogP contribution in [-0.4, -0.2) is 193 Å². The van der Waals surface area contributed by atoms with Crippen molar-refractivity contribution in [1.82, 2.24) is 5.32 Å². The van der Waals surface area contributed by atoms with Crippen LogP contribution in [0.15, 0.2) is 48.6 Å². The maximum Gasteiger partial charge on any atom is 0.220 e. The van der Waals surface area contributed by atoms with E-state index >= 15 is 0 Å². The van der Waals surface area contributed by atoms with Crippen molar-refractivity contribution in [3.63, 3.8) is 0 Å². The summed E-state index contributed by atoms with van der Waals surface area (Å²) in [6, 6.07) is -0.883. The van der Waals surface area contributed by atoms with Crippen molar-refractivity contribution < 1.29 is 89.4 Å². The van der Waals surface area contributed by atoms with Gasteiger partial charge in [0, 0.05) is 6.42 Å². The first kappa shape index (κ1) is 78.0. The van der Waals surface area contributed by atoms with E-state index in [2.05, 4.69) is 67.8 Å². The molecule has 0 aliphatic carbocycles. The Morgan fingerprint density at radius 1 is 0.430 bits per heavy atom. The zero-order chi connectivity index (χ0) is 62.6. The first-order valence-corrected chi connectivity index (χ1v) is 33.9. The van der Waals surface area contributed by atoms with Crippen molar-refractivity contribution in [1.29, 1.82) is 0 Å². The summed E-state index contributed by atoms with van der Waals surface area (Å²) in [4.78, 5) is 13.3. The van der Waals surface area contributed by atoms with E-state index < -0.39 is 124 Å². The standard InChI is InChI=1S/C67H121NO18/c1-3-5-7-9-11-13-14-15-16-17-18-19-20-21-22-23-24-25-26-27-28-29-30-31-32-33-34-35-36-37-39-41-43-45-55(73)68-50(51(72)44-42-40-38-12-10-8-6-4-2)49-81-65-61(79)58(76)63(53(47-70)83-65)86-67-62(80)59(77)64(54(48-71)84-67)85-66-60(78)57(75)56(74)52(46-69)82-66/h5,7,11,13,15-16,18-19,50-54,56-67,69-72,74-80H,3-4,6,8-10,12,14,17,20-49H2,1-2H3,(H,68,73)/b7-5-,13-11-,16-15-,19-18-. The van der Waals surface area contributed by atoms with Crippen LogP contribution in [0.25, 0.3) is 0 Å². The molecule has 3 aliphatic heterocycles. The highest BCUT2D eigenvalue weighted by molar-refractivity contribution is 5.76. The van der Waals surface area contributed by atoms with E-state index in [0.717, 1.165) is 70.6 Å². The van der Waals surface area contributed by atoms with E-state index in [1.54, 1.807) is 0 Å². The fourth-order valence-electron chi connectivity index (χ4n) is 11.4.